The van der Waals surface area contributed by atoms with E-state index in [2.05, 4.69) is 9.71 Å². The highest BCUT2D eigenvalue weighted by Crippen LogP contribution is 2.24. The Morgan fingerprint density at radius 3 is 2.75 bits per heavy atom. The van der Waals surface area contributed by atoms with Gasteiger partial charge in [0.25, 0.3) is 0 Å². The van der Waals surface area contributed by atoms with Crippen LogP contribution in [0.3, 0.4) is 0 Å². The summed E-state index contributed by atoms with van der Waals surface area (Å²) in [4.78, 5) is 4.08. The van der Waals surface area contributed by atoms with Gasteiger partial charge in [0.2, 0.25) is 10.0 Å². The number of sulfonamides is 1. The molecule has 1 aromatic carbocycles. The van der Waals surface area contributed by atoms with Crippen molar-refractivity contribution >= 4 is 33.0 Å². The highest BCUT2D eigenvalue weighted by molar-refractivity contribution is 7.92. The van der Waals surface area contributed by atoms with E-state index >= 15 is 0 Å². The lowest BCUT2D eigenvalue weighted by molar-refractivity contribution is 0.600. The second-order valence-corrected chi connectivity index (χ2v) is 6.50. The van der Waals surface area contributed by atoms with Crippen LogP contribution in [0.25, 0.3) is 0 Å². The van der Waals surface area contributed by atoms with Crippen LogP contribution in [-0.2, 0) is 16.4 Å². The number of nitrogens with zero attached hydrogens (tertiary/aromatic N) is 1. The molecule has 0 atom stereocenters. The van der Waals surface area contributed by atoms with E-state index in [1.165, 1.54) is 6.07 Å². The Morgan fingerprint density at radius 1 is 1.25 bits per heavy atom. The Labute approximate surface area is 122 Å². The fraction of sp³-hybridized carbons (Fsp3) is 0.154. The summed E-state index contributed by atoms with van der Waals surface area (Å²) < 4.78 is 26.4. The van der Waals surface area contributed by atoms with E-state index in [1.54, 1.807) is 30.5 Å². The van der Waals surface area contributed by atoms with Crippen molar-refractivity contribution in [2.45, 2.75) is 6.42 Å². The molecule has 3 N–H and O–H groups in total. The monoisotopic (exact) mass is 311 g/mol. The molecule has 0 unspecified atom stereocenters. The molecule has 0 bridgehead atoms. The van der Waals surface area contributed by atoms with Crippen LogP contribution in [0.15, 0.2) is 42.6 Å². The maximum atomic E-state index is 12.0. The van der Waals surface area contributed by atoms with Gasteiger partial charge >= 0.3 is 0 Å². The number of rotatable bonds is 5. The fourth-order valence-corrected chi connectivity index (χ4v) is 2.88. The van der Waals surface area contributed by atoms with Gasteiger partial charge in [0.1, 0.15) is 0 Å². The molecule has 0 fully saturated rings. The first-order valence-electron chi connectivity index (χ1n) is 5.92. The molecule has 0 saturated carbocycles. The third-order valence-corrected chi connectivity index (χ3v) is 4.14. The van der Waals surface area contributed by atoms with Gasteiger partial charge in [0.15, 0.2) is 0 Å². The summed E-state index contributed by atoms with van der Waals surface area (Å²) in [5.41, 5.74) is 7.05. The highest BCUT2D eigenvalue weighted by atomic mass is 35.5. The molecule has 1 heterocycles. The number of nitrogens with one attached hydrogen (secondary N) is 1. The first kappa shape index (κ1) is 14.6. The van der Waals surface area contributed by atoms with Crippen LogP contribution in [0.4, 0.5) is 11.4 Å². The number of halogens is 1. The lowest BCUT2D eigenvalue weighted by Gasteiger charge is -2.10. The van der Waals surface area contributed by atoms with Gasteiger partial charge < -0.3 is 5.73 Å². The molecule has 0 saturated heterocycles. The van der Waals surface area contributed by atoms with E-state index in [-0.39, 0.29) is 5.75 Å². The summed E-state index contributed by atoms with van der Waals surface area (Å²) in [6.45, 7) is 0. The van der Waals surface area contributed by atoms with Crippen LogP contribution in [0.2, 0.25) is 5.02 Å². The van der Waals surface area contributed by atoms with E-state index in [9.17, 15) is 8.42 Å². The van der Waals surface area contributed by atoms with E-state index in [4.69, 9.17) is 17.3 Å². The number of aryl methyl sites for hydroxylation is 1. The second kappa shape index (κ2) is 6.11. The van der Waals surface area contributed by atoms with Gasteiger partial charge in [0, 0.05) is 23.3 Å². The number of anilines is 2. The van der Waals surface area contributed by atoms with Crippen molar-refractivity contribution in [3.63, 3.8) is 0 Å². The minimum atomic E-state index is -3.50. The minimum absolute atomic E-state index is 0.0734. The second-order valence-electron chi connectivity index (χ2n) is 4.22. The summed E-state index contributed by atoms with van der Waals surface area (Å²) in [7, 11) is -3.50. The molecular weight excluding hydrogens is 298 g/mol. The van der Waals surface area contributed by atoms with Crippen molar-refractivity contribution in [3.8, 4) is 0 Å². The van der Waals surface area contributed by atoms with Crippen LogP contribution in [0.5, 0.6) is 0 Å². The molecule has 0 amide bonds. The lowest BCUT2D eigenvalue weighted by atomic mass is 10.3. The topological polar surface area (TPSA) is 85.1 Å². The first-order valence-corrected chi connectivity index (χ1v) is 7.95. The predicted molar refractivity (Wildman–Crippen MR) is 81.2 cm³/mol. The van der Waals surface area contributed by atoms with E-state index < -0.39 is 10.0 Å². The maximum Gasteiger partial charge on any atom is 0.233 e. The molecule has 5 nitrogen and oxygen atoms in total. The van der Waals surface area contributed by atoms with Gasteiger partial charge in [-0.15, -0.1) is 0 Å². The number of aromatic nitrogens is 1. The van der Waals surface area contributed by atoms with E-state index in [0.717, 1.165) is 5.69 Å². The van der Waals surface area contributed by atoms with Crippen molar-refractivity contribution in [3.05, 3.63) is 53.3 Å². The van der Waals surface area contributed by atoms with Crippen LogP contribution in [0.1, 0.15) is 5.69 Å². The zero-order chi connectivity index (χ0) is 14.6. The third-order valence-electron chi connectivity index (χ3n) is 2.63. The summed E-state index contributed by atoms with van der Waals surface area (Å²) in [5.74, 6) is -0.0734. The van der Waals surface area contributed by atoms with Crippen LogP contribution >= 0.6 is 11.6 Å². The molecule has 2 rings (SSSR count). The number of hydrogen-bond acceptors (Lipinski definition) is 4. The quantitative estimate of drug-likeness (QED) is 0.830. The Balaban J connectivity index is 2.06. The average molecular weight is 312 g/mol. The van der Waals surface area contributed by atoms with E-state index in [0.29, 0.717) is 22.8 Å². The van der Waals surface area contributed by atoms with Crippen LogP contribution in [-0.4, -0.2) is 19.2 Å². The standard InChI is InChI=1S/C13H14ClN3O2S/c14-10-4-5-12(15)13(9-10)17-20(18,19)8-6-11-3-1-2-7-16-11/h1-5,7,9,17H,6,8,15H2. The molecular formula is C13H14ClN3O2S. The number of nitrogen functional groups attached to an aromatic ring is 1. The molecule has 0 spiro atoms. The molecule has 1 aromatic heterocycles. The molecule has 106 valence electrons. The van der Waals surface area contributed by atoms with Gasteiger partial charge in [-0.25, -0.2) is 8.42 Å². The zero-order valence-electron chi connectivity index (χ0n) is 10.6. The number of pyridine rings is 1. The number of nitrogens with two attached hydrogens (primary N) is 1. The molecule has 0 aliphatic rings. The van der Waals surface area contributed by atoms with Crippen molar-refractivity contribution in [1.29, 1.82) is 0 Å². The van der Waals surface area contributed by atoms with Crippen molar-refractivity contribution in [1.82, 2.24) is 4.98 Å². The summed E-state index contributed by atoms with van der Waals surface area (Å²) in [6.07, 6.45) is 1.96. The summed E-state index contributed by atoms with van der Waals surface area (Å²) >= 11 is 5.82. The number of benzene rings is 1. The molecule has 0 aliphatic carbocycles. The van der Waals surface area contributed by atoms with Gasteiger partial charge in [-0.1, -0.05) is 17.7 Å². The predicted octanol–water partition coefficient (Wildman–Crippen LogP) is 2.30. The van der Waals surface area contributed by atoms with Crippen molar-refractivity contribution in [2.75, 3.05) is 16.2 Å². The van der Waals surface area contributed by atoms with Gasteiger partial charge in [-0.2, -0.15) is 0 Å². The average Bonchev–Trinajstić information content (AvgIpc) is 2.42. The van der Waals surface area contributed by atoms with Gasteiger partial charge in [-0.3, -0.25) is 9.71 Å². The van der Waals surface area contributed by atoms with Crippen molar-refractivity contribution in [2.24, 2.45) is 0 Å². The normalized spacial score (nSPS) is 11.2. The largest absolute Gasteiger partial charge is 0.397 e. The van der Waals surface area contributed by atoms with E-state index in [1.807, 2.05) is 6.07 Å². The first-order chi connectivity index (χ1) is 9.46. The highest BCUT2D eigenvalue weighted by Gasteiger charge is 2.13. The Kier molecular flexibility index (Phi) is 4.46. The zero-order valence-corrected chi connectivity index (χ0v) is 12.2. The van der Waals surface area contributed by atoms with Crippen LogP contribution < -0.4 is 10.5 Å². The molecule has 2 aromatic rings. The summed E-state index contributed by atoms with van der Waals surface area (Å²) in [6, 6.07) is 10.0. The fourth-order valence-electron chi connectivity index (χ4n) is 1.62. The smallest absolute Gasteiger partial charge is 0.233 e. The number of hydrogen-bond donors (Lipinski definition) is 2. The van der Waals surface area contributed by atoms with Crippen LogP contribution in [0, 0.1) is 0 Å². The summed E-state index contributed by atoms with van der Waals surface area (Å²) in [5, 5.41) is 0.418. The molecule has 20 heavy (non-hydrogen) atoms. The Morgan fingerprint density at radius 2 is 2.05 bits per heavy atom. The Bertz CT molecular complexity index is 690. The molecule has 0 radical (unpaired) electrons. The molecule has 0 aliphatic heterocycles. The lowest BCUT2D eigenvalue weighted by Crippen LogP contribution is -2.19. The minimum Gasteiger partial charge on any atom is -0.397 e. The third kappa shape index (κ3) is 4.11. The SMILES string of the molecule is Nc1ccc(Cl)cc1NS(=O)(=O)CCc1ccccn1. The molecule has 7 heteroatoms. The van der Waals surface area contributed by atoms with Gasteiger partial charge in [0.05, 0.1) is 17.1 Å². The Hall–Kier alpha value is -1.79. The van der Waals surface area contributed by atoms with Gasteiger partial charge in [-0.05, 0) is 30.3 Å². The maximum absolute atomic E-state index is 12.0. The van der Waals surface area contributed by atoms with Crippen molar-refractivity contribution < 1.29 is 8.42 Å².